The lowest BCUT2D eigenvalue weighted by Crippen LogP contribution is -2.31. The summed E-state index contributed by atoms with van der Waals surface area (Å²) >= 11 is 0. The van der Waals surface area contributed by atoms with Gasteiger partial charge < -0.3 is 24.3 Å². The molecule has 37 heavy (non-hydrogen) atoms. The van der Waals surface area contributed by atoms with Gasteiger partial charge in [0.1, 0.15) is 22.8 Å². The number of unbranched alkanes of at least 4 members (excludes halogenated alkanes) is 4. The van der Waals surface area contributed by atoms with E-state index in [-0.39, 0.29) is 12.5 Å². The molecule has 2 aromatic rings. The summed E-state index contributed by atoms with van der Waals surface area (Å²) in [6.45, 7) is 12.8. The summed E-state index contributed by atoms with van der Waals surface area (Å²) in [5, 5.41) is 3.04. The molecule has 0 aromatic heterocycles. The summed E-state index contributed by atoms with van der Waals surface area (Å²) < 4.78 is 22.0. The lowest BCUT2D eigenvalue weighted by molar-refractivity contribution is -0.153. The van der Waals surface area contributed by atoms with E-state index in [4.69, 9.17) is 18.9 Å². The first-order valence-corrected chi connectivity index (χ1v) is 13.3. The van der Waals surface area contributed by atoms with E-state index in [1.54, 1.807) is 49.6 Å². The lowest BCUT2D eigenvalue weighted by Gasteiger charge is -2.19. The smallest absolute Gasteiger partial charge is 0.343 e. The molecule has 1 N–H and O–H groups in total. The number of rotatable bonds is 14. The Morgan fingerprint density at radius 2 is 1.54 bits per heavy atom. The molecule has 0 bridgehead atoms. The Labute approximate surface area is 222 Å². The van der Waals surface area contributed by atoms with Crippen LogP contribution in [0.3, 0.4) is 0 Å². The van der Waals surface area contributed by atoms with Gasteiger partial charge in [-0.2, -0.15) is 0 Å². The summed E-state index contributed by atoms with van der Waals surface area (Å²) in [6.07, 6.45) is 5.91. The molecule has 0 aliphatic carbocycles. The van der Waals surface area contributed by atoms with Crippen molar-refractivity contribution in [1.82, 2.24) is 5.32 Å². The molecule has 0 atom stereocenters. The van der Waals surface area contributed by atoms with Crippen LogP contribution in [0, 0.1) is 0 Å². The van der Waals surface area contributed by atoms with Crippen molar-refractivity contribution < 1.29 is 28.5 Å². The second-order valence-corrected chi connectivity index (χ2v) is 9.34. The van der Waals surface area contributed by atoms with Crippen LogP contribution in [0.5, 0.6) is 17.2 Å². The molecule has 0 aliphatic rings. The first-order valence-electron chi connectivity index (χ1n) is 13.3. The van der Waals surface area contributed by atoms with Crippen LogP contribution in [0.2, 0.25) is 0 Å². The zero-order valence-electron chi connectivity index (χ0n) is 23.6. The van der Waals surface area contributed by atoms with Gasteiger partial charge >= 0.3 is 11.9 Å². The molecule has 2 aromatic carbocycles. The van der Waals surface area contributed by atoms with E-state index in [1.807, 2.05) is 34.6 Å². The largest absolute Gasteiger partial charge is 0.496 e. The van der Waals surface area contributed by atoms with Gasteiger partial charge in [-0.25, -0.2) is 4.79 Å². The SMILES string of the molecule is CC.CCCCCCCOc1ccc(C(=O)Oc2ccc(CNCC(=O)OC(C)(C)C)c(OC)c2)cc1. The number of nitrogens with one attached hydrogen (secondary N) is 1. The number of carbonyl (C=O) groups excluding carboxylic acids is 2. The Kier molecular flexibility index (Phi) is 15.0. The van der Waals surface area contributed by atoms with Gasteiger partial charge in [-0.3, -0.25) is 4.79 Å². The number of hydrogen-bond donors (Lipinski definition) is 1. The Hall–Kier alpha value is -3.06. The quantitative estimate of drug-likeness (QED) is 0.170. The molecule has 0 saturated heterocycles. The van der Waals surface area contributed by atoms with Crippen LogP contribution in [-0.4, -0.2) is 37.8 Å². The summed E-state index contributed by atoms with van der Waals surface area (Å²) in [4.78, 5) is 24.4. The van der Waals surface area contributed by atoms with E-state index < -0.39 is 11.6 Å². The van der Waals surface area contributed by atoms with Crippen molar-refractivity contribution in [2.75, 3.05) is 20.3 Å². The van der Waals surface area contributed by atoms with Crippen molar-refractivity contribution in [3.8, 4) is 17.2 Å². The van der Waals surface area contributed by atoms with Crippen molar-refractivity contribution in [2.24, 2.45) is 0 Å². The molecule has 0 spiro atoms. The van der Waals surface area contributed by atoms with Crippen molar-refractivity contribution in [3.63, 3.8) is 0 Å². The summed E-state index contributed by atoms with van der Waals surface area (Å²) in [6, 6.07) is 12.1. The van der Waals surface area contributed by atoms with E-state index in [0.717, 1.165) is 17.7 Å². The molecular weight excluding hydrogens is 470 g/mol. The molecule has 0 heterocycles. The molecule has 7 nitrogen and oxygen atoms in total. The van der Waals surface area contributed by atoms with Crippen LogP contribution >= 0.6 is 0 Å². The molecule has 0 unspecified atom stereocenters. The maximum absolute atomic E-state index is 12.6. The van der Waals surface area contributed by atoms with Gasteiger partial charge in [0.15, 0.2) is 0 Å². The Bertz CT molecular complexity index is 934. The highest BCUT2D eigenvalue weighted by atomic mass is 16.6. The molecule has 7 heteroatoms. The van der Waals surface area contributed by atoms with Gasteiger partial charge in [-0.1, -0.05) is 52.5 Å². The number of benzene rings is 2. The monoisotopic (exact) mass is 515 g/mol. The van der Waals surface area contributed by atoms with Gasteiger partial charge in [-0.15, -0.1) is 0 Å². The highest BCUT2D eigenvalue weighted by Gasteiger charge is 2.16. The average Bonchev–Trinajstić information content (AvgIpc) is 2.87. The first-order chi connectivity index (χ1) is 17.7. The molecule has 2 rings (SSSR count). The fourth-order valence-corrected chi connectivity index (χ4v) is 3.36. The number of ether oxygens (including phenoxy) is 4. The summed E-state index contributed by atoms with van der Waals surface area (Å²) in [5.74, 6) is 0.867. The van der Waals surface area contributed by atoms with Crippen LogP contribution in [0.4, 0.5) is 0 Å². The van der Waals surface area contributed by atoms with Gasteiger partial charge in [0, 0.05) is 18.2 Å². The highest BCUT2D eigenvalue weighted by Crippen LogP contribution is 2.25. The van der Waals surface area contributed by atoms with E-state index in [9.17, 15) is 9.59 Å². The van der Waals surface area contributed by atoms with Gasteiger partial charge in [0.05, 0.1) is 25.8 Å². The second kappa shape index (κ2) is 17.4. The first kappa shape index (κ1) is 32.0. The fourth-order valence-electron chi connectivity index (χ4n) is 3.36. The van der Waals surface area contributed by atoms with E-state index in [0.29, 0.717) is 30.2 Å². The third-order valence-electron chi connectivity index (χ3n) is 5.08. The van der Waals surface area contributed by atoms with Gasteiger partial charge in [0.2, 0.25) is 0 Å². The van der Waals surface area contributed by atoms with Crippen LogP contribution in [0.1, 0.15) is 89.6 Å². The Balaban J connectivity index is 0.00000334. The minimum absolute atomic E-state index is 0.0791. The number of methoxy groups -OCH3 is 1. The maximum Gasteiger partial charge on any atom is 0.343 e. The van der Waals surface area contributed by atoms with Crippen molar-refractivity contribution in [2.45, 2.75) is 85.8 Å². The molecule has 0 fully saturated rings. The van der Waals surface area contributed by atoms with Crippen molar-refractivity contribution in [3.05, 3.63) is 53.6 Å². The lowest BCUT2D eigenvalue weighted by atomic mass is 10.1. The normalized spacial score (nSPS) is 10.7. The summed E-state index contributed by atoms with van der Waals surface area (Å²) in [7, 11) is 1.54. The van der Waals surface area contributed by atoms with Crippen molar-refractivity contribution >= 4 is 11.9 Å². The predicted octanol–water partition coefficient (Wildman–Crippen LogP) is 6.72. The molecule has 206 valence electrons. The van der Waals surface area contributed by atoms with Crippen LogP contribution in [0.15, 0.2) is 42.5 Å². The Morgan fingerprint density at radius 3 is 2.16 bits per heavy atom. The van der Waals surface area contributed by atoms with Crippen molar-refractivity contribution in [1.29, 1.82) is 0 Å². The average molecular weight is 516 g/mol. The zero-order chi connectivity index (χ0) is 27.7. The Morgan fingerprint density at radius 1 is 0.892 bits per heavy atom. The molecule has 0 radical (unpaired) electrons. The minimum atomic E-state index is -0.525. The molecule has 0 saturated carbocycles. The second-order valence-electron chi connectivity index (χ2n) is 9.34. The zero-order valence-corrected chi connectivity index (χ0v) is 23.6. The van der Waals surface area contributed by atoms with E-state index >= 15 is 0 Å². The topological polar surface area (TPSA) is 83.1 Å². The maximum atomic E-state index is 12.6. The number of carbonyl (C=O) groups is 2. The predicted molar refractivity (Wildman–Crippen MR) is 148 cm³/mol. The molecule has 0 aliphatic heterocycles. The number of hydrogen-bond acceptors (Lipinski definition) is 7. The standard InChI is InChI=1S/C28H39NO6.C2H6/c1-6-7-8-9-10-17-33-23-14-11-21(12-15-23)27(31)34-24-16-13-22(25(18-24)32-5)19-29-20-26(30)35-28(2,3)4;1-2/h11-16,18,29H,6-10,17,19-20H2,1-5H3;1-2H3. The fraction of sp³-hybridized carbons (Fsp3) is 0.533. The number of esters is 2. The van der Waals surface area contributed by atoms with E-state index in [2.05, 4.69) is 12.2 Å². The van der Waals surface area contributed by atoms with E-state index in [1.165, 1.54) is 25.7 Å². The van der Waals surface area contributed by atoms with Crippen LogP contribution in [-0.2, 0) is 16.1 Å². The van der Waals surface area contributed by atoms with Gasteiger partial charge in [0.25, 0.3) is 0 Å². The third-order valence-corrected chi connectivity index (χ3v) is 5.08. The van der Waals surface area contributed by atoms with Crippen LogP contribution < -0.4 is 19.5 Å². The van der Waals surface area contributed by atoms with Crippen LogP contribution in [0.25, 0.3) is 0 Å². The highest BCUT2D eigenvalue weighted by molar-refractivity contribution is 5.91. The minimum Gasteiger partial charge on any atom is -0.496 e. The third kappa shape index (κ3) is 13.2. The summed E-state index contributed by atoms with van der Waals surface area (Å²) in [5.41, 5.74) is 0.734. The molecular formula is C30H45NO6. The van der Waals surface area contributed by atoms with Gasteiger partial charge in [-0.05, 0) is 57.5 Å². The molecule has 0 amide bonds.